The number of nitrogens with zero attached hydrogens (tertiary/aromatic N) is 1. The molecule has 0 aromatic heterocycles. The lowest BCUT2D eigenvalue weighted by molar-refractivity contribution is -0.119. The van der Waals surface area contributed by atoms with E-state index < -0.39 is 5.60 Å². The monoisotopic (exact) mass is 262 g/mol. The highest BCUT2D eigenvalue weighted by Gasteiger charge is 2.30. The van der Waals surface area contributed by atoms with Crippen LogP contribution in [0.2, 0.25) is 0 Å². The molecule has 0 unspecified atom stereocenters. The van der Waals surface area contributed by atoms with Gasteiger partial charge in [-0.1, -0.05) is 0 Å². The van der Waals surface area contributed by atoms with Crippen molar-refractivity contribution >= 4 is 23.6 Å². The third-order valence-corrected chi connectivity index (χ3v) is 2.57. The maximum atomic E-state index is 11.7. The summed E-state index contributed by atoms with van der Waals surface area (Å²) in [6.45, 7) is 6.56. The van der Waals surface area contributed by atoms with Gasteiger partial charge in [0.2, 0.25) is 5.91 Å². The number of nitrogens with one attached hydrogen (secondary N) is 1. The van der Waals surface area contributed by atoms with Crippen LogP contribution in [0.1, 0.15) is 27.2 Å². The van der Waals surface area contributed by atoms with Gasteiger partial charge in [-0.2, -0.15) is 0 Å². The summed E-state index contributed by atoms with van der Waals surface area (Å²) in [6.07, 6.45) is 0.405. The highest BCUT2D eigenvalue weighted by molar-refractivity contribution is 6.27. The van der Waals surface area contributed by atoms with E-state index in [9.17, 15) is 9.59 Å². The lowest BCUT2D eigenvalue weighted by Gasteiger charge is -2.24. The smallest absolute Gasteiger partial charge is 0.410 e. The number of amides is 2. The number of rotatable bonds is 2. The van der Waals surface area contributed by atoms with E-state index >= 15 is 0 Å². The molecule has 1 aliphatic rings. The van der Waals surface area contributed by atoms with Crippen LogP contribution in [0.5, 0.6) is 0 Å². The zero-order valence-electron chi connectivity index (χ0n) is 10.5. The molecule has 0 aromatic carbocycles. The molecule has 5 nitrogen and oxygen atoms in total. The molecule has 1 aliphatic heterocycles. The zero-order chi connectivity index (χ0) is 13.1. The summed E-state index contributed by atoms with van der Waals surface area (Å²) in [5.74, 6) is -0.258. The van der Waals surface area contributed by atoms with Crippen LogP contribution in [-0.2, 0) is 9.53 Å². The molecule has 17 heavy (non-hydrogen) atoms. The molecule has 0 aromatic rings. The van der Waals surface area contributed by atoms with E-state index in [0.717, 1.165) is 6.42 Å². The Bertz CT molecular complexity index is 302. The summed E-state index contributed by atoms with van der Waals surface area (Å²) in [5, 5.41) is 2.76. The predicted molar refractivity (Wildman–Crippen MR) is 65.1 cm³/mol. The molecule has 0 saturated carbocycles. The van der Waals surface area contributed by atoms with Crippen LogP contribution in [0.4, 0.5) is 4.79 Å². The summed E-state index contributed by atoms with van der Waals surface area (Å²) in [5.41, 5.74) is -0.492. The van der Waals surface area contributed by atoms with E-state index in [1.54, 1.807) is 4.90 Å². The van der Waals surface area contributed by atoms with Crippen molar-refractivity contribution in [2.24, 2.45) is 0 Å². The van der Waals surface area contributed by atoms with Crippen molar-refractivity contribution in [3.05, 3.63) is 0 Å². The molecule has 0 aliphatic carbocycles. The average molecular weight is 263 g/mol. The molecule has 1 N–H and O–H groups in total. The summed E-state index contributed by atoms with van der Waals surface area (Å²) in [4.78, 5) is 24.4. The predicted octanol–water partition coefficient (Wildman–Crippen LogP) is 1.35. The van der Waals surface area contributed by atoms with E-state index in [0.29, 0.717) is 13.1 Å². The van der Waals surface area contributed by atoms with Crippen LogP contribution in [0, 0.1) is 0 Å². The Morgan fingerprint density at radius 2 is 2.12 bits per heavy atom. The van der Waals surface area contributed by atoms with Gasteiger partial charge < -0.3 is 15.0 Å². The molecule has 0 spiro atoms. The summed E-state index contributed by atoms with van der Waals surface area (Å²) >= 11 is 5.40. The van der Waals surface area contributed by atoms with Crippen molar-refractivity contribution in [2.45, 2.75) is 38.8 Å². The SMILES string of the molecule is CC(C)(C)OC(=O)N1CC[C@@H](NC(=O)CCl)C1. The zero-order valence-corrected chi connectivity index (χ0v) is 11.2. The first-order chi connectivity index (χ1) is 7.81. The molecule has 98 valence electrons. The van der Waals surface area contributed by atoms with E-state index in [1.807, 2.05) is 20.8 Å². The molecule has 6 heteroatoms. The maximum Gasteiger partial charge on any atom is 0.410 e. The van der Waals surface area contributed by atoms with Gasteiger partial charge in [0.15, 0.2) is 0 Å². The van der Waals surface area contributed by atoms with Crippen molar-refractivity contribution in [1.82, 2.24) is 10.2 Å². The normalized spacial score (nSPS) is 20.2. The Morgan fingerprint density at radius 1 is 1.47 bits per heavy atom. The first-order valence-electron chi connectivity index (χ1n) is 5.65. The molecular weight excluding hydrogens is 244 g/mol. The standard InChI is InChI=1S/C11H19ClN2O3/c1-11(2,3)17-10(16)14-5-4-8(7-14)13-9(15)6-12/h8H,4-7H2,1-3H3,(H,13,15)/t8-/m1/s1. The van der Waals surface area contributed by atoms with Crippen molar-refractivity contribution in [2.75, 3.05) is 19.0 Å². The number of halogens is 1. The first-order valence-corrected chi connectivity index (χ1v) is 6.18. The number of hydrogen-bond donors (Lipinski definition) is 1. The lowest BCUT2D eigenvalue weighted by atomic mass is 10.2. The van der Waals surface area contributed by atoms with Gasteiger partial charge in [-0.05, 0) is 27.2 Å². The number of likely N-dealkylation sites (tertiary alicyclic amines) is 1. The van der Waals surface area contributed by atoms with E-state index in [-0.39, 0.29) is 23.9 Å². The Balaban J connectivity index is 2.39. The second-order valence-corrected chi connectivity index (χ2v) is 5.38. The molecule has 0 radical (unpaired) electrons. The van der Waals surface area contributed by atoms with Crippen molar-refractivity contribution < 1.29 is 14.3 Å². The van der Waals surface area contributed by atoms with Crippen LogP contribution in [-0.4, -0.2) is 47.5 Å². The Hall–Kier alpha value is -0.970. The quantitative estimate of drug-likeness (QED) is 0.765. The fourth-order valence-corrected chi connectivity index (χ4v) is 1.71. The second-order valence-electron chi connectivity index (χ2n) is 5.11. The molecule has 1 fully saturated rings. The number of carbonyl (C=O) groups excluding carboxylic acids is 2. The first kappa shape index (κ1) is 14.1. The van der Waals surface area contributed by atoms with Gasteiger partial charge in [-0.25, -0.2) is 4.79 Å². The molecular formula is C11H19ClN2O3. The minimum atomic E-state index is -0.492. The van der Waals surface area contributed by atoms with Crippen molar-refractivity contribution in [1.29, 1.82) is 0 Å². The number of hydrogen-bond acceptors (Lipinski definition) is 3. The topological polar surface area (TPSA) is 58.6 Å². The van der Waals surface area contributed by atoms with Crippen LogP contribution in [0.15, 0.2) is 0 Å². The highest BCUT2D eigenvalue weighted by Crippen LogP contribution is 2.15. The van der Waals surface area contributed by atoms with Crippen molar-refractivity contribution in [3.63, 3.8) is 0 Å². The Morgan fingerprint density at radius 3 is 2.65 bits per heavy atom. The molecule has 2 amide bonds. The van der Waals surface area contributed by atoms with Gasteiger partial charge in [-0.3, -0.25) is 4.79 Å². The van der Waals surface area contributed by atoms with Gasteiger partial charge in [0.1, 0.15) is 11.5 Å². The average Bonchev–Trinajstić information content (AvgIpc) is 2.63. The van der Waals surface area contributed by atoms with Gasteiger partial charge in [0, 0.05) is 19.1 Å². The van der Waals surface area contributed by atoms with Gasteiger partial charge in [0.05, 0.1) is 0 Å². The number of carbonyl (C=O) groups is 2. The minimum Gasteiger partial charge on any atom is -0.444 e. The second kappa shape index (κ2) is 5.58. The fourth-order valence-electron chi connectivity index (χ4n) is 1.64. The lowest BCUT2D eigenvalue weighted by Crippen LogP contribution is -2.40. The Labute approximate surface area is 106 Å². The van der Waals surface area contributed by atoms with Gasteiger partial charge in [0.25, 0.3) is 0 Å². The van der Waals surface area contributed by atoms with Crippen LogP contribution >= 0.6 is 11.6 Å². The molecule has 1 heterocycles. The van der Waals surface area contributed by atoms with Gasteiger partial charge in [-0.15, -0.1) is 11.6 Å². The van der Waals surface area contributed by atoms with Crippen LogP contribution in [0.3, 0.4) is 0 Å². The minimum absolute atomic E-state index is 0.0197. The summed E-state index contributed by atoms with van der Waals surface area (Å²) < 4.78 is 5.25. The largest absolute Gasteiger partial charge is 0.444 e. The third-order valence-electron chi connectivity index (χ3n) is 2.33. The number of alkyl halides is 1. The summed E-state index contributed by atoms with van der Waals surface area (Å²) in [6, 6.07) is -0.0197. The maximum absolute atomic E-state index is 11.7. The molecule has 0 bridgehead atoms. The van der Waals surface area contributed by atoms with Crippen molar-refractivity contribution in [3.8, 4) is 0 Å². The molecule has 1 rings (SSSR count). The molecule has 1 saturated heterocycles. The Kier molecular flexibility index (Phi) is 4.62. The van der Waals surface area contributed by atoms with E-state index in [2.05, 4.69) is 5.32 Å². The summed E-state index contributed by atoms with van der Waals surface area (Å²) in [7, 11) is 0. The van der Waals surface area contributed by atoms with E-state index in [4.69, 9.17) is 16.3 Å². The molecule has 1 atom stereocenters. The van der Waals surface area contributed by atoms with Gasteiger partial charge >= 0.3 is 6.09 Å². The third kappa shape index (κ3) is 4.81. The fraction of sp³-hybridized carbons (Fsp3) is 0.818. The van der Waals surface area contributed by atoms with Crippen LogP contribution < -0.4 is 5.32 Å². The van der Waals surface area contributed by atoms with E-state index in [1.165, 1.54) is 0 Å². The van der Waals surface area contributed by atoms with Crippen LogP contribution in [0.25, 0.3) is 0 Å². The highest BCUT2D eigenvalue weighted by atomic mass is 35.5. The number of ether oxygens (including phenoxy) is 1.